The van der Waals surface area contributed by atoms with Gasteiger partial charge in [-0.2, -0.15) is 0 Å². The van der Waals surface area contributed by atoms with Crippen LogP contribution in [0.1, 0.15) is 36.3 Å². The molecule has 2 amide bonds. The van der Waals surface area contributed by atoms with Crippen LogP contribution in [0.4, 0.5) is 5.69 Å². The summed E-state index contributed by atoms with van der Waals surface area (Å²) in [7, 11) is -3.78. The molecule has 1 aliphatic heterocycles. The number of carbonyl (C=O) groups is 2. The zero-order valence-electron chi connectivity index (χ0n) is 16.4. The highest BCUT2D eigenvalue weighted by Crippen LogP contribution is 2.21. The molecular formula is C19H24N4O5S. The molecule has 9 nitrogen and oxygen atoms in total. The van der Waals surface area contributed by atoms with Crippen LogP contribution in [0.2, 0.25) is 0 Å². The van der Waals surface area contributed by atoms with Crippen molar-refractivity contribution >= 4 is 27.5 Å². The van der Waals surface area contributed by atoms with Crippen LogP contribution in [0.5, 0.6) is 0 Å². The molecule has 0 unspecified atom stereocenters. The van der Waals surface area contributed by atoms with Crippen LogP contribution in [-0.4, -0.2) is 38.5 Å². The number of nitrogens with zero attached hydrogens (tertiary/aromatic N) is 2. The Balaban J connectivity index is 1.45. The molecule has 2 aromatic rings. The van der Waals surface area contributed by atoms with E-state index in [-0.39, 0.29) is 41.1 Å². The van der Waals surface area contributed by atoms with Crippen molar-refractivity contribution in [3.63, 3.8) is 0 Å². The van der Waals surface area contributed by atoms with Crippen LogP contribution in [0.25, 0.3) is 0 Å². The maximum absolute atomic E-state index is 12.3. The van der Waals surface area contributed by atoms with Crippen molar-refractivity contribution in [3.05, 3.63) is 41.3 Å². The Labute approximate surface area is 169 Å². The number of hydrogen-bond donors (Lipinski definition) is 2. The third kappa shape index (κ3) is 5.01. The molecule has 29 heavy (non-hydrogen) atoms. The fraction of sp³-hybridized carbons (Fsp3) is 0.421. The van der Waals surface area contributed by atoms with Crippen LogP contribution in [-0.2, 0) is 26.2 Å². The molecule has 3 rings (SSSR count). The van der Waals surface area contributed by atoms with Gasteiger partial charge in [-0.25, -0.2) is 13.1 Å². The summed E-state index contributed by atoms with van der Waals surface area (Å²) in [5, 5.41) is 6.38. The Kier molecular flexibility index (Phi) is 6.33. The van der Waals surface area contributed by atoms with Crippen LogP contribution >= 0.6 is 0 Å². The Morgan fingerprint density at radius 3 is 2.55 bits per heavy atom. The molecule has 0 saturated carbocycles. The van der Waals surface area contributed by atoms with E-state index in [0.717, 1.165) is 24.2 Å². The lowest BCUT2D eigenvalue weighted by Crippen LogP contribution is -2.31. The zero-order valence-corrected chi connectivity index (χ0v) is 17.2. The Hall–Kier alpha value is -2.72. The summed E-state index contributed by atoms with van der Waals surface area (Å²) in [5.41, 5.74) is 2.03. The first-order chi connectivity index (χ1) is 13.8. The van der Waals surface area contributed by atoms with Gasteiger partial charge in [-0.3, -0.25) is 9.59 Å². The molecule has 156 valence electrons. The molecule has 0 radical (unpaired) electrons. The molecule has 0 spiro atoms. The second kappa shape index (κ2) is 8.75. The predicted molar refractivity (Wildman–Crippen MR) is 106 cm³/mol. The van der Waals surface area contributed by atoms with Gasteiger partial charge in [0.05, 0.1) is 0 Å². The van der Waals surface area contributed by atoms with E-state index in [0.29, 0.717) is 13.0 Å². The van der Waals surface area contributed by atoms with Crippen LogP contribution in [0, 0.1) is 13.8 Å². The molecule has 1 aromatic heterocycles. The van der Waals surface area contributed by atoms with Gasteiger partial charge in [0.25, 0.3) is 0 Å². The van der Waals surface area contributed by atoms with E-state index in [9.17, 15) is 18.0 Å². The fourth-order valence-electron chi connectivity index (χ4n) is 3.23. The smallest absolute Gasteiger partial charge is 0.245 e. The van der Waals surface area contributed by atoms with E-state index < -0.39 is 10.0 Å². The summed E-state index contributed by atoms with van der Waals surface area (Å²) >= 11 is 0. The number of aromatic nitrogens is 1. The molecule has 0 bridgehead atoms. The Morgan fingerprint density at radius 2 is 1.97 bits per heavy atom. The molecule has 0 aliphatic carbocycles. The topological polar surface area (TPSA) is 122 Å². The number of amides is 2. The standard InChI is InChI=1S/C19H24N4O5S/c1-13-19(14(2)28-22-13)29(26,27)21-10-9-17(24)20-12-15-5-7-16(8-6-15)23-11-3-4-18(23)25/h5-8,21H,3-4,9-12H2,1-2H3,(H,20,24). The van der Waals surface area contributed by atoms with Gasteiger partial charge in [-0.15, -0.1) is 0 Å². The first-order valence-electron chi connectivity index (χ1n) is 9.36. The molecule has 1 aliphatic rings. The highest BCUT2D eigenvalue weighted by atomic mass is 32.2. The average Bonchev–Trinajstić information content (AvgIpc) is 3.25. The van der Waals surface area contributed by atoms with Crippen molar-refractivity contribution in [2.45, 2.75) is 44.6 Å². The predicted octanol–water partition coefficient (Wildman–Crippen LogP) is 1.40. The van der Waals surface area contributed by atoms with E-state index >= 15 is 0 Å². The van der Waals surface area contributed by atoms with E-state index in [1.807, 2.05) is 24.3 Å². The van der Waals surface area contributed by atoms with Gasteiger partial charge >= 0.3 is 0 Å². The molecule has 1 aromatic carbocycles. The lowest BCUT2D eigenvalue weighted by atomic mass is 10.2. The number of rotatable bonds is 8. The first kappa shape index (κ1) is 21.0. The lowest BCUT2D eigenvalue weighted by molar-refractivity contribution is -0.121. The number of aryl methyl sites for hydroxylation is 2. The highest BCUT2D eigenvalue weighted by Gasteiger charge is 2.24. The molecule has 1 saturated heterocycles. The van der Waals surface area contributed by atoms with E-state index in [1.54, 1.807) is 11.8 Å². The van der Waals surface area contributed by atoms with Gasteiger partial charge in [-0.05, 0) is 38.0 Å². The average molecular weight is 420 g/mol. The van der Waals surface area contributed by atoms with Crippen molar-refractivity contribution in [2.24, 2.45) is 0 Å². The summed E-state index contributed by atoms with van der Waals surface area (Å²) in [6, 6.07) is 7.45. The van der Waals surface area contributed by atoms with Crippen LogP contribution < -0.4 is 14.9 Å². The number of benzene rings is 1. The number of hydrogen-bond acceptors (Lipinski definition) is 6. The SMILES string of the molecule is Cc1noc(C)c1S(=O)(=O)NCCC(=O)NCc1ccc(N2CCCC2=O)cc1. The molecule has 10 heteroatoms. The molecule has 0 atom stereocenters. The third-order valence-electron chi connectivity index (χ3n) is 4.69. The minimum absolute atomic E-state index is 0.00294. The van der Waals surface area contributed by atoms with Crippen molar-refractivity contribution < 1.29 is 22.5 Å². The summed E-state index contributed by atoms with van der Waals surface area (Å²) in [6.07, 6.45) is 1.46. The van der Waals surface area contributed by atoms with Gasteiger partial charge in [-0.1, -0.05) is 17.3 Å². The van der Waals surface area contributed by atoms with Gasteiger partial charge in [0.15, 0.2) is 5.76 Å². The lowest BCUT2D eigenvalue weighted by Gasteiger charge is -2.16. The second-order valence-corrected chi connectivity index (χ2v) is 8.60. The van der Waals surface area contributed by atoms with Crippen LogP contribution in [0.3, 0.4) is 0 Å². The minimum Gasteiger partial charge on any atom is -0.360 e. The summed E-state index contributed by atoms with van der Waals surface area (Å²) in [6.45, 7) is 4.09. The minimum atomic E-state index is -3.78. The normalized spacial score (nSPS) is 14.4. The van der Waals surface area contributed by atoms with Crippen molar-refractivity contribution in [1.29, 1.82) is 0 Å². The van der Waals surface area contributed by atoms with Crippen LogP contribution in [0.15, 0.2) is 33.7 Å². The number of nitrogens with one attached hydrogen (secondary N) is 2. The molecular weight excluding hydrogens is 396 g/mol. The summed E-state index contributed by atoms with van der Waals surface area (Å²) in [4.78, 5) is 25.5. The van der Waals surface area contributed by atoms with Crippen molar-refractivity contribution in [2.75, 3.05) is 18.0 Å². The van der Waals surface area contributed by atoms with Gasteiger partial charge < -0.3 is 14.7 Å². The van der Waals surface area contributed by atoms with Gasteiger partial charge in [0, 0.05) is 38.2 Å². The molecule has 2 N–H and O–H groups in total. The maximum atomic E-state index is 12.3. The van der Waals surface area contributed by atoms with Crippen molar-refractivity contribution in [3.8, 4) is 0 Å². The first-order valence-corrected chi connectivity index (χ1v) is 10.8. The zero-order chi connectivity index (χ0) is 21.0. The Morgan fingerprint density at radius 1 is 1.24 bits per heavy atom. The van der Waals surface area contributed by atoms with Gasteiger partial charge in [0.2, 0.25) is 21.8 Å². The van der Waals surface area contributed by atoms with E-state index in [2.05, 4.69) is 15.2 Å². The quantitative estimate of drug-likeness (QED) is 0.666. The monoisotopic (exact) mass is 420 g/mol. The number of anilines is 1. The number of sulfonamides is 1. The Bertz CT molecular complexity index is 979. The number of carbonyl (C=O) groups excluding carboxylic acids is 2. The van der Waals surface area contributed by atoms with Crippen molar-refractivity contribution in [1.82, 2.24) is 15.2 Å². The maximum Gasteiger partial charge on any atom is 0.245 e. The van der Waals surface area contributed by atoms with Gasteiger partial charge in [0.1, 0.15) is 10.6 Å². The van der Waals surface area contributed by atoms with E-state index in [4.69, 9.17) is 4.52 Å². The summed E-state index contributed by atoms with van der Waals surface area (Å²) in [5.74, 6) is 0.0638. The third-order valence-corrected chi connectivity index (χ3v) is 6.40. The molecule has 2 heterocycles. The summed E-state index contributed by atoms with van der Waals surface area (Å²) < 4.78 is 31.8. The fourth-order valence-corrected chi connectivity index (χ4v) is 4.59. The molecule has 1 fully saturated rings. The second-order valence-electron chi connectivity index (χ2n) is 6.89. The largest absolute Gasteiger partial charge is 0.360 e. The highest BCUT2D eigenvalue weighted by molar-refractivity contribution is 7.89. The van der Waals surface area contributed by atoms with E-state index in [1.165, 1.54) is 6.92 Å².